The Labute approximate surface area is 200 Å². The van der Waals surface area contributed by atoms with Gasteiger partial charge in [0.15, 0.2) is 0 Å². The van der Waals surface area contributed by atoms with Crippen LogP contribution in [0.25, 0.3) is 0 Å². The zero-order valence-electron chi connectivity index (χ0n) is 16.9. The molecule has 0 saturated carbocycles. The molecule has 0 bridgehead atoms. The molecule has 0 saturated heterocycles. The Morgan fingerprint density at radius 1 is 1.18 bits per heavy atom. The molecule has 1 heterocycles. The predicted molar refractivity (Wildman–Crippen MR) is 118 cm³/mol. The number of rotatable bonds is 9. The van der Waals surface area contributed by atoms with Crippen LogP contribution >= 0.6 is 27.5 Å². The molecule has 1 amide bonds. The number of hydrogen-bond acceptors (Lipinski definition) is 5. The first-order valence-corrected chi connectivity index (χ1v) is 10.8. The van der Waals surface area contributed by atoms with Crippen molar-refractivity contribution in [1.82, 2.24) is 14.9 Å². The van der Waals surface area contributed by atoms with Gasteiger partial charge in [-0.05, 0) is 52.2 Å². The van der Waals surface area contributed by atoms with Crippen molar-refractivity contribution in [3.8, 4) is 17.5 Å². The van der Waals surface area contributed by atoms with Gasteiger partial charge in [-0.25, -0.2) is 0 Å². The molecule has 0 aliphatic carbocycles. The lowest BCUT2D eigenvalue weighted by atomic mass is 10.2. The lowest BCUT2D eigenvalue weighted by molar-refractivity contribution is -0.274. The van der Waals surface area contributed by atoms with Crippen LogP contribution in [-0.2, 0) is 6.54 Å². The van der Waals surface area contributed by atoms with Gasteiger partial charge in [0.05, 0.1) is 6.54 Å². The first-order chi connectivity index (χ1) is 15.7. The number of aromatic nitrogens is 2. The van der Waals surface area contributed by atoms with E-state index >= 15 is 0 Å². The van der Waals surface area contributed by atoms with Crippen LogP contribution < -0.4 is 14.8 Å². The second-order valence-electron chi connectivity index (χ2n) is 6.70. The van der Waals surface area contributed by atoms with Gasteiger partial charge < -0.3 is 19.9 Å². The predicted octanol–water partition coefficient (Wildman–Crippen LogP) is 5.15. The average Bonchev–Trinajstić information content (AvgIpc) is 3.03. The number of nitrogens with one attached hydrogen (secondary N) is 1. The maximum absolute atomic E-state index is 12.8. The smallest absolute Gasteiger partial charge is 0.425 e. The number of imidazole rings is 1. The number of halogens is 5. The van der Waals surface area contributed by atoms with Crippen LogP contribution in [0.15, 0.2) is 53.1 Å². The molecule has 0 radical (unpaired) electrons. The van der Waals surface area contributed by atoms with Gasteiger partial charge in [0.1, 0.15) is 21.8 Å². The van der Waals surface area contributed by atoms with E-state index in [-0.39, 0.29) is 41.8 Å². The molecule has 0 spiro atoms. The fraction of sp³-hybridized carbons (Fsp3) is 0.238. The van der Waals surface area contributed by atoms with Gasteiger partial charge in [-0.15, -0.1) is 13.2 Å². The van der Waals surface area contributed by atoms with Gasteiger partial charge in [0.25, 0.3) is 5.91 Å². The van der Waals surface area contributed by atoms with Crippen LogP contribution in [0, 0.1) is 0 Å². The largest absolute Gasteiger partial charge is 0.573 e. The zero-order chi connectivity index (χ0) is 24.0. The van der Waals surface area contributed by atoms with E-state index in [4.69, 9.17) is 21.4 Å². The number of aliphatic hydroxyl groups excluding tert-OH is 1. The van der Waals surface area contributed by atoms with Crippen LogP contribution in [-0.4, -0.2) is 40.1 Å². The van der Waals surface area contributed by atoms with Gasteiger partial charge in [0, 0.05) is 24.2 Å². The lowest BCUT2D eigenvalue weighted by Gasteiger charge is -2.14. The summed E-state index contributed by atoms with van der Waals surface area (Å²) in [6.07, 6.45) is -4.49. The second kappa shape index (κ2) is 10.9. The summed E-state index contributed by atoms with van der Waals surface area (Å²) >= 11 is 9.20. The molecule has 0 fully saturated rings. The van der Waals surface area contributed by atoms with Crippen LogP contribution in [0.1, 0.15) is 22.5 Å². The highest BCUT2D eigenvalue weighted by atomic mass is 79.9. The van der Waals surface area contributed by atoms with Gasteiger partial charge in [-0.3, -0.25) is 9.36 Å². The van der Waals surface area contributed by atoms with E-state index in [0.717, 1.165) is 17.7 Å². The molecule has 12 heteroatoms. The number of carbonyl (C=O) groups is 1. The summed E-state index contributed by atoms with van der Waals surface area (Å²) in [4.78, 5) is 17.0. The van der Waals surface area contributed by atoms with Crippen molar-refractivity contribution in [2.75, 3.05) is 13.2 Å². The number of ether oxygens (including phenoxy) is 2. The monoisotopic (exact) mass is 547 g/mol. The Bertz CT molecular complexity index is 1110. The first kappa shape index (κ1) is 24.9. The van der Waals surface area contributed by atoms with Crippen LogP contribution in [0.5, 0.6) is 17.5 Å². The van der Waals surface area contributed by atoms with Gasteiger partial charge in [-0.2, -0.15) is 4.98 Å². The molecule has 7 nitrogen and oxygen atoms in total. The van der Waals surface area contributed by atoms with Crippen LogP contribution in [0.2, 0.25) is 5.02 Å². The Balaban J connectivity index is 1.95. The fourth-order valence-corrected chi connectivity index (χ4v) is 3.49. The summed E-state index contributed by atoms with van der Waals surface area (Å²) in [7, 11) is 0. The van der Waals surface area contributed by atoms with E-state index in [1.807, 2.05) is 0 Å². The molecule has 1 aromatic heterocycles. The van der Waals surface area contributed by atoms with E-state index < -0.39 is 18.0 Å². The first-order valence-electron chi connectivity index (χ1n) is 9.59. The normalized spacial score (nSPS) is 11.3. The number of alkyl halides is 3. The summed E-state index contributed by atoms with van der Waals surface area (Å²) in [5.41, 5.74) is 0.910. The van der Waals surface area contributed by atoms with Crippen molar-refractivity contribution in [3.05, 3.63) is 69.4 Å². The van der Waals surface area contributed by atoms with Gasteiger partial charge in [-0.1, -0.05) is 29.8 Å². The Kier molecular flexibility index (Phi) is 8.22. The molecular formula is C21H18BrClF3N3O4. The van der Waals surface area contributed by atoms with E-state index in [9.17, 15) is 18.0 Å². The van der Waals surface area contributed by atoms with Crippen molar-refractivity contribution in [1.29, 1.82) is 0 Å². The zero-order valence-corrected chi connectivity index (χ0v) is 19.2. The van der Waals surface area contributed by atoms with Crippen molar-refractivity contribution >= 4 is 33.4 Å². The molecule has 0 aliphatic heterocycles. The van der Waals surface area contributed by atoms with E-state index in [1.165, 1.54) is 16.7 Å². The molecule has 176 valence electrons. The number of amides is 1. The van der Waals surface area contributed by atoms with E-state index in [1.54, 1.807) is 24.3 Å². The summed E-state index contributed by atoms with van der Waals surface area (Å²) in [6, 6.07) is 11.8. The maximum atomic E-state index is 12.8. The van der Waals surface area contributed by atoms with E-state index in [0.29, 0.717) is 11.4 Å². The SMILES string of the molecule is O=C(NCCCO)c1c(Br)nc(Oc2cccc(OC(F)(F)F)c2)n1Cc1ccc(Cl)cc1. The molecule has 2 aromatic carbocycles. The summed E-state index contributed by atoms with van der Waals surface area (Å²) < 4.78 is 49.0. The Morgan fingerprint density at radius 3 is 2.55 bits per heavy atom. The highest BCUT2D eigenvalue weighted by Crippen LogP contribution is 2.31. The molecule has 0 aliphatic rings. The third-order valence-corrected chi connectivity index (χ3v) is 5.03. The minimum atomic E-state index is -4.85. The molecule has 2 N–H and O–H groups in total. The molecular weight excluding hydrogens is 531 g/mol. The Morgan fingerprint density at radius 2 is 1.88 bits per heavy atom. The summed E-state index contributed by atoms with van der Waals surface area (Å²) in [5, 5.41) is 12.2. The number of benzene rings is 2. The average molecular weight is 549 g/mol. The quantitative estimate of drug-likeness (QED) is 0.361. The fourth-order valence-electron chi connectivity index (χ4n) is 2.82. The standard InChI is InChI=1S/C21H18BrClF3N3O4/c22-18-17(19(31)27-9-2-10-30)29(12-13-5-7-14(23)8-6-13)20(28-18)32-15-3-1-4-16(11-15)33-21(24,25)26/h1,3-8,11,30H,2,9-10,12H2,(H,27,31). The number of carbonyl (C=O) groups excluding carboxylic acids is 1. The van der Waals surface area contributed by atoms with Gasteiger partial charge >= 0.3 is 12.4 Å². The highest BCUT2D eigenvalue weighted by molar-refractivity contribution is 9.10. The maximum Gasteiger partial charge on any atom is 0.573 e. The molecule has 3 aromatic rings. The third kappa shape index (κ3) is 7.11. The molecule has 0 unspecified atom stereocenters. The second-order valence-corrected chi connectivity index (χ2v) is 7.89. The Hall–Kier alpha value is -2.76. The van der Waals surface area contributed by atoms with Crippen molar-refractivity contribution in [2.45, 2.75) is 19.3 Å². The highest BCUT2D eigenvalue weighted by Gasteiger charge is 2.31. The minimum absolute atomic E-state index is 0.0267. The molecule has 33 heavy (non-hydrogen) atoms. The van der Waals surface area contributed by atoms with Gasteiger partial charge in [0.2, 0.25) is 0 Å². The summed E-state index contributed by atoms with van der Waals surface area (Å²) in [6.45, 7) is 0.309. The minimum Gasteiger partial charge on any atom is -0.425 e. The van der Waals surface area contributed by atoms with Crippen LogP contribution in [0.3, 0.4) is 0 Å². The third-order valence-electron chi connectivity index (χ3n) is 4.23. The van der Waals surface area contributed by atoms with Crippen LogP contribution in [0.4, 0.5) is 13.2 Å². The number of hydrogen-bond donors (Lipinski definition) is 2. The lowest BCUT2D eigenvalue weighted by Crippen LogP contribution is -2.28. The molecule has 3 rings (SSSR count). The number of nitrogens with zero attached hydrogens (tertiary/aromatic N) is 2. The van der Waals surface area contributed by atoms with Crippen molar-refractivity contribution < 1.29 is 32.5 Å². The summed E-state index contributed by atoms with van der Waals surface area (Å²) in [5.74, 6) is -0.906. The topological polar surface area (TPSA) is 85.6 Å². The van der Waals surface area contributed by atoms with E-state index in [2.05, 4.69) is 31.0 Å². The van der Waals surface area contributed by atoms with Crippen molar-refractivity contribution in [3.63, 3.8) is 0 Å². The molecule has 0 atom stereocenters. The van der Waals surface area contributed by atoms with Crippen molar-refractivity contribution in [2.24, 2.45) is 0 Å². The number of aliphatic hydroxyl groups is 1.